The van der Waals surface area contributed by atoms with Crippen molar-refractivity contribution in [2.24, 2.45) is 5.10 Å². The lowest BCUT2D eigenvalue weighted by molar-refractivity contribution is 0.284. The minimum Gasteiger partial charge on any atom is -0.493 e. The van der Waals surface area contributed by atoms with E-state index in [-0.39, 0.29) is 18.1 Å². The summed E-state index contributed by atoms with van der Waals surface area (Å²) >= 11 is 6.18. The maximum atomic E-state index is 11.2. The number of rotatable bonds is 7. The van der Waals surface area contributed by atoms with Crippen molar-refractivity contribution in [3.05, 3.63) is 75.2 Å². The Morgan fingerprint density at radius 3 is 2.89 bits per heavy atom. The molecular weight excluding hydrogens is 370 g/mol. The highest BCUT2D eigenvalue weighted by Crippen LogP contribution is 2.31. The summed E-state index contributed by atoms with van der Waals surface area (Å²) in [5.41, 5.74) is 3.74. The molecule has 0 bridgehead atoms. The average molecular weight is 386 g/mol. The largest absolute Gasteiger partial charge is 0.493 e. The average Bonchev–Trinajstić information content (AvgIpc) is 2.68. The predicted molar refractivity (Wildman–Crippen MR) is 103 cm³/mol. The molecule has 3 aromatic rings. The first-order valence-corrected chi connectivity index (χ1v) is 8.29. The van der Waals surface area contributed by atoms with Crippen LogP contribution < -0.4 is 20.5 Å². The molecule has 0 aliphatic rings. The minimum atomic E-state index is -0.382. The van der Waals surface area contributed by atoms with E-state index in [1.165, 1.54) is 6.21 Å². The van der Waals surface area contributed by atoms with Crippen LogP contribution in [0.4, 0.5) is 5.95 Å². The van der Waals surface area contributed by atoms with Crippen molar-refractivity contribution in [2.45, 2.75) is 6.61 Å². The molecule has 1 aromatic heterocycles. The second-order valence-electron chi connectivity index (χ2n) is 5.31. The van der Waals surface area contributed by atoms with E-state index in [0.29, 0.717) is 22.1 Å². The van der Waals surface area contributed by atoms with Gasteiger partial charge in [0.25, 0.3) is 5.56 Å². The van der Waals surface area contributed by atoms with Crippen LogP contribution in [0.2, 0.25) is 5.02 Å². The first-order valence-electron chi connectivity index (χ1n) is 7.91. The van der Waals surface area contributed by atoms with Crippen LogP contribution in [0.5, 0.6) is 11.5 Å². The van der Waals surface area contributed by atoms with Crippen LogP contribution >= 0.6 is 11.6 Å². The van der Waals surface area contributed by atoms with Crippen LogP contribution in [-0.4, -0.2) is 28.5 Å². The summed E-state index contributed by atoms with van der Waals surface area (Å²) in [5.74, 6) is 1.19. The number of para-hydroxylation sites is 1. The number of nitrogens with zero attached hydrogens (tertiary/aromatic N) is 3. The Morgan fingerprint density at radius 2 is 2.11 bits per heavy atom. The molecule has 138 valence electrons. The molecule has 0 saturated heterocycles. The van der Waals surface area contributed by atoms with Crippen molar-refractivity contribution in [1.82, 2.24) is 15.2 Å². The van der Waals surface area contributed by atoms with Crippen LogP contribution in [0.3, 0.4) is 0 Å². The van der Waals surface area contributed by atoms with Crippen molar-refractivity contribution < 1.29 is 9.47 Å². The molecule has 0 atom stereocenters. The SMILES string of the molecule is COc1cccc(/C=N/Nc2nncc(=O)[nH]2)c1OCc1ccccc1Cl. The number of aromatic nitrogens is 3. The van der Waals surface area contributed by atoms with Gasteiger partial charge in [0.2, 0.25) is 5.95 Å². The van der Waals surface area contributed by atoms with Gasteiger partial charge in [0.15, 0.2) is 11.5 Å². The van der Waals surface area contributed by atoms with Crippen LogP contribution in [-0.2, 0) is 6.61 Å². The Morgan fingerprint density at radius 1 is 1.26 bits per heavy atom. The van der Waals surface area contributed by atoms with E-state index in [9.17, 15) is 4.79 Å². The molecule has 3 rings (SSSR count). The lowest BCUT2D eigenvalue weighted by atomic mass is 10.2. The van der Waals surface area contributed by atoms with Gasteiger partial charge in [0, 0.05) is 16.1 Å². The normalized spacial score (nSPS) is 10.7. The van der Waals surface area contributed by atoms with Crippen molar-refractivity contribution in [3.63, 3.8) is 0 Å². The van der Waals surface area contributed by atoms with E-state index in [4.69, 9.17) is 21.1 Å². The molecule has 0 fully saturated rings. The van der Waals surface area contributed by atoms with Crippen LogP contribution in [0.15, 0.2) is 58.6 Å². The molecule has 1 heterocycles. The first kappa shape index (κ1) is 18.4. The fraction of sp³-hybridized carbons (Fsp3) is 0.111. The minimum absolute atomic E-state index is 0.125. The lowest BCUT2D eigenvalue weighted by Crippen LogP contribution is -2.10. The van der Waals surface area contributed by atoms with E-state index in [0.717, 1.165) is 11.8 Å². The molecule has 2 N–H and O–H groups in total. The monoisotopic (exact) mass is 385 g/mol. The van der Waals surface area contributed by atoms with E-state index < -0.39 is 0 Å². The summed E-state index contributed by atoms with van der Waals surface area (Å²) in [6.07, 6.45) is 2.59. The number of aromatic amines is 1. The number of nitrogens with one attached hydrogen (secondary N) is 2. The Bertz CT molecular complexity index is 1010. The second kappa shape index (κ2) is 8.81. The molecule has 0 spiro atoms. The van der Waals surface area contributed by atoms with Crippen molar-refractivity contribution in [2.75, 3.05) is 12.5 Å². The topological polar surface area (TPSA) is 101 Å². The van der Waals surface area contributed by atoms with Crippen LogP contribution in [0.1, 0.15) is 11.1 Å². The van der Waals surface area contributed by atoms with Crippen LogP contribution in [0.25, 0.3) is 0 Å². The molecule has 8 nitrogen and oxygen atoms in total. The van der Waals surface area contributed by atoms with E-state index in [1.54, 1.807) is 19.2 Å². The number of hydrogen-bond acceptors (Lipinski definition) is 7. The zero-order chi connectivity index (χ0) is 19.1. The second-order valence-corrected chi connectivity index (χ2v) is 5.72. The summed E-state index contributed by atoms with van der Waals surface area (Å²) in [6, 6.07) is 12.8. The third-order valence-electron chi connectivity index (χ3n) is 3.51. The number of hydrogen-bond donors (Lipinski definition) is 2. The molecule has 0 aliphatic heterocycles. The predicted octanol–water partition coefficient (Wildman–Crippen LogP) is 2.85. The standard InChI is InChI=1S/C18H16ClN5O3/c1-26-15-8-4-6-12(9-20-23-18-22-16(25)10-21-24-18)17(15)27-11-13-5-2-3-7-14(13)19/h2-10H,11H2,1H3,(H2,22,23,24,25)/b20-9+. The number of H-pyrrole nitrogens is 1. The summed E-state index contributed by atoms with van der Waals surface area (Å²) in [7, 11) is 1.56. The number of ether oxygens (including phenoxy) is 2. The number of benzene rings is 2. The molecule has 0 radical (unpaired) electrons. The highest BCUT2D eigenvalue weighted by Gasteiger charge is 2.10. The van der Waals surface area contributed by atoms with Gasteiger partial charge in [-0.2, -0.15) is 5.10 Å². The van der Waals surface area contributed by atoms with Gasteiger partial charge in [-0.15, -0.1) is 10.2 Å². The molecular formula is C18H16ClN5O3. The number of methoxy groups -OCH3 is 1. The Balaban J connectivity index is 1.79. The molecule has 0 amide bonds. The smallest absolute Gasteiger partial charge is 0.271 e. The Hall–Kier alpha value is -3.39. The van der Waals surface area contributed by atoms with Gasteiger partial charge in [-0.3, -0.25) is 9.78 Å². The Kier molecular flexibility index (Phi) is 6.01. The maximum Gasteiger partial charge on any atom is 0.271 e. The van der Waals surface area contributed by atoms with Gasteiger partial charge in [0.05, 0.1) is 13.3 Å². The van der Waals surface area contributed by atoms with Crippen LogP contribution in [0, 0.1) is 0 Å². The fourth-order valence-corrected chi connectivity index (χ4v) is 2.43. The molecule has 27 heavy (non-hydrogen) atoms. The summed E-state index contributed by atoms with van der Waals surface area (Å²) in [4.78, 5) is 13.7. The zero-order valence-corrected chi connectivity index (χ0v) is 15.1. The molecule has 0 aliphatic carbocycles. The van der Waals surface area contributed by atoms with Gasteiger partial charge < -0.3 is 9.47 Å². The summed E-state index contributed by atoms with van der Waals surface area (Å²) < 4.78 is 11.3. The number of halogens is 1. The third kappa shape index (κ3) is 4.83. The zero-order valence-electron chi connectivity index (χ0n) is 14.3. The van der Waals surface area contributed by atoms with E-state index in [1.807, 2.05) is 30.3 Å². The highest BCUT2D eigenvalue weighted by molar-refractivity contribution is 6.31. The van der Waals surface area contributed by atoms with Gasteiger partial charge in [-0.25, -0.2) is 5.43 Å². The molecule has 2 aromatic carbocycles. The quantitative estimate of drug-likeness (QED) is 0.479. The summed E-state index contributed by atoms with van der Waals surface area (Å²) in [5, 5.41) is 11.9. The van der Waals surface area contributed by atoms with Gasteiger partial charge in [0.1, 0.15) is 12.8 Å². The van der Waals surface area contributed by atoms with Gasteiger partial charge in [-0.05, 0) is 18.2 Å². The summed E-state index contributed by atoms with van der Waals surface area (Å²) in [6.45, 7) is 0.270. The fourth-order valence-electron chi connectivity index (χ4n) is 2.24. The molecule has 9 heteroatoms. The molecule has 0 unspecified atom stereocenters. The van der Waals surface area contributed by atoms with E-state index in [2.05, 4.69) is 25.7 Å². The number of hydrazone groups is 1. The Labute approximate surface area is 159 Å². The van der Waals surface area contributed by atoms with Gasteiger partial charge in [-0.1, -0.05) is 35.9 Å². The van der Waals surface area contributed by atoms with E-state index >= 15 is 0 Å². The third-order valence-corrected chi connectivity index (χ3v) is 3.88. The lowest BCUT2D eigenvalue weighted by Gasteiger charge is -2.13. The first-order chi connectivity index (χ1) is 13.2. The maximum absolute atomic E-state index is 11.2. The number of anilines is 1. The van der Waals surface area contributed by atoms with Crippen molar-refractivity contribution >= 4 is 23.8 Å². The van der Waals surface area contributed by atoms with Gasteiger partial charge >= 0.3 is 0 Å². The van der Waals surface area contributed by atoms with Crippen molar-refractivity contribution in [1.29, 1.82) is 0 Å². The molecule has 0 saturated carbocycles. The highest BCUT2D eigenvalue weighted by atomic mass is 35.5. The van der Waals surface area contributed by atoms with Crippen molar-refractivity contribution in [3.8, 4) is 11.5 Å².